The van der Waals surface area contributed by atoms with Gasteiger partial charge < -0.3 is 5.11 Å². The van der Waals surface area contributed by atoms with Crippen LogP contribution in [0.25, 0.3) is 0 Å². The fourth-order valence-corrected chi connectivity index (χ4v) is 2.96. The van der Waals surface area contributed by atoms with Crippen LogP contribution in [0.4, 0.5) is 0 Å². The molecule has 21 heavy (non-hydrogen) atoms. The quantitative estimate of drug-likeness (QED) is 0.439. The standard InChI is InChI=1S/C18H35NO2/c1-2-3-4-5-6-7-8-9-10-11-15-19(17-12-13-17)16-14-18(20)21/h17H,2-16H2,1H3,(H,20,21). The van der Waals surface area contributed by atoms with Crippen LogP contribution >= 0.6 is 0 Å². The number of aliphatic carboxylic acids is 1. The molecule has 0 bridgehead atoms. The van der Waals surface area contributed by atoms with Crippen molar-refractivity contribution in [2.24, 2.45) is 0 Å². The van der Waals surface area contributed by atoms with Gasteiger partial charge in [-0.15, -0.1) is 0 Å². The first-order valence-electron chi connectivity index (χ1n) is 9.20. The third-order valence-corrected chi connectivity index (χ3v) is 4.48. The van der Waals surface area contributed by atoms with Gasteiger partial charge in [-0.2, -0.15) is 0 Å². The zero-order chi connectivity index (χ0) is 15.3. The van der Waals surface area contributed by atoms with Gasteiger partial charge in [-0.1, -0.05) is 64.7 Å². The summed E-state index contributed by atoms with van der Waals surface area (Å²) in [4.78, 5) is 13.1. The van der Waals surface area contributed by atoms with Crippen molar-refractivity contribution in [3.8, 4) is 0 Å². The smallest absolute Gasteiger partial charge is 0.304 e. The molecule has 0 heterocycles. The van der Waals surface area contributed by atoms with Crippen LogP contribution in [0.5, 0.6) is 0 Å². The molecule has 1 N–H and O–H groups in total. The number of unbranched alkanes of at least 4 members (excludes halogenated alkanes) is 9. The molecule has 0 aromatic carbocycles. The summed E-state index contributed by atoms with van der Waals surface area (Å²) >= 11 is 0. The van der Waals surface area contributed by atoms with Crippen LogP contribution in [-0.2, 0) is 4.79 Å². The summed E-state index contributed by atoms with van der Waals surface area (Å²) in [6.07, 6.45) is 16.5. The van der Waals surface area contributed by atoms with E-state index < -0.39 is 5.97 Å². The number of carboxylic acids is 1. The Labute approximate surface area is 131 Å². The van der Waals surface area contributed by atoms with E-state index in [-0.39, 0.29) is 0 Å². The Bertz CT molecular complexity index is 264. The highest BCUT2D eigenvalue weighted by molar-refractivity contribution is 5.66. The second-order valence-electron chi connectivity index (χ2n) is 6.59. The number of rotatable bonds is 15. The van der Waals surface area contributed by atoms with Crippen LogP contribution < -0.4 is 0 Å². The zero-order valence-electron chi connectivity index (χ0n) is 14.0. The molecule has 1 aliphatic rings. The van der Waals surface area contributed by atoms with Gasteiger partial charge in [0.15, 0.2) is 0 Å². The summed E-state index contributed by atoms with van der Waals surface area (Å²) in [5.74, 6) is -0.663. The van der Waals surface area contributed by atoms with Crippen LogP contribution in [-0.4, -0.2) is 35.1 Å². The monoisotopic (exact) mass is 297 g/mol. The Morgan fingerprint density at radius 3 is 1.90 bits per heavy atom. The molecule has 0 aromatic heterocycles. The van der Waals surface area contributed by atoms with Crippen LogP contribution in [0.2, 0.25) is 0 Å². The van der Waals surface area contributed by atoms with E-state index in [1.165, 1.54) is 77.0 Å². The van der Waals surface area contributed by atoms with Gasteiger partial charge in [0.1, 0.15) is 0 Å². The van der Waals surface area contributed by atoms with Gasteiger partial charge in [-0.05, 0) is 25.8 Å². The summed E-state index contributed by atoms with van der Waals surface area (Å²) in [5, 5.41) is 8.78. The van der Waals surface area contributed by atoms with Crippen LogP contribution in [0.15, 0.2) is 0 Å². The van der Waals surface area contributed by atoms with Gasteiger partial charge in [0.05, 0.1) is 6.42 Å². The van der Waals surface area contributed by atoms with E-state index in [0.29, 0.717) is 12.5 Å². The third-order valence-electron chi connectivity index (χ3n) is 4.48. The van der Waals surface area contributed by atoms with E-state index in [1.54, 1.807) is 0 Å². The van der Waals surface area contributed by atoms with Crippen LogP contribution in [0, 0.1) is 0 Å². The molecule has 1 aliphatic carbocycles. The molecular weight excluding hydrogens is 262 g/mol. The molecule has 0 aromatic rings. The van der Waals surface area contributed by atoms with Crippen LogP contribution in [0.1, 0.15) is 90.4 Å². The molecule has 0 atom stereocenters. The second-order valence-corrected chi connectivity index (χ2v) is 6.59. The molecule has 0 unspecified atom stereocenters. The minimum atomic E-state index is -0.663. The van der Waals surface area contributed by atoms with Gasteiger partial charge in [0.25, 0.3) is 0 Å². The minimum absolute atomic E-state index is 0.300. The Kier molecular flexibility index (Phi) is 10.6. The van der Waals surface area contributed by atoms with Crippen molar-refractivity contribution in [3.63, 3.8) is 0 Å². The first-order chi connectivity index (χ1) is 10.2. The number of hydrogen-bond acceptors (Lipinski definition) is 2. The number of carbonyl (C=O) groups is 1. The maximum atomic E-state index is 10.7. The van der Waals surface area contributed by atoms with Crippen molar-refractivity contribution in [1.82, 2.24) is 4.90 Å². The van der Waals surface area contributed by atoms with Crippen molar-refractivity contribution < 1.29 is 9.90 Å². The highest BCUT2D eigenvalue weighted by atomic mass is 16.4. The first kappa shape index (κ1) is 18.5. The summed E-state index contributed by atoms with van der Waals surface area (Å²) in [5.41, 5.74) is 0. The SMILES string of the molecule is CCCCCCCCCCCCN(CCC(=O)O)C1CC1. The van der Waals surface area contributed by atoms with Crippen molar-refractivity contribution in [2.75, 3.05) is 13.1 Å². The minimum Gasteiger partial charge on any atom is -0.481 e. The first-order valence-corrected chi connectivity index (χ1v) is 9.20. The average molecular weight is 297 g/mol. The molecular formula is C18H35NO2. The lowest BCUT2D eigenvalue weighted by molar-refractivity contribution is -0.137. The molecule has 3 nitrogen and oxygen atoms in total. The van der Waals surface area contributed by atoms with Crippen LogP contribution in [0.3, 0.4) is 0 Å². The van der Waals surface area contributed by atoms with Crippen molar-refractivity contribution in [1.29, 1.82) is 0 Å². The molecule has 0 aliphatic heterocycles. The predicted octanol–water partition coefficient (Wildman–Crippen LogP) is 4.85. The maximum absolute atomic E-state index is 10.7. The van der Waals surface area contributed by atoms with E-state index >= 15 is 0 Å². The van der Waals surface area contributed by atoms with Crippen molar-refractivity contribution in [3.05, 3.63) is 0 Å². The molecule has 3 heteroatoms. The van der Waals surface area contributed by atoms with Crippen molar-refractivity contribution in [2.45, 2.75) is 96.4 Å². The average Bonchev–Trinajstić information content (AvgIpc) is 3.28. The number of nitrogens with zero attached hydrogens (tertiary/aromatic N) is 1. The number of carboxylic acid groups (broad SMARTS) is 1. The Balaban J connectivity index is 1.88. The lowest BCUT2D eigenvalue weighted by Gasteiger charge is -2.20. The van der Waals surface area contributed by atoms with Gasteiger partial charge in [-0.3, -0.25) is 9.69 Å². The van der Waals surface area contributed by atoms with E-state index in [9.17, 15) is 4.79 Å². The molecule has 0 radical (unpaired) electrons. The fraction of sp³-hybridized carbons (Fsp3) is 0.944. The lowest BCUT2D eigenvalue weighted by Crippen LogP contribution is -2.29. The molecule has 124 valence electrons. The predicted molar refractivity (Wildman–Crippen MR) is 88.7 cm³/mol. The molecule has 1 rings (SSSR count). The second kappa shape index (κ2) is 12.0. The van der Waals surface area contributed by atoms with Crippen molar-refractivity contribution >= 4 is 5.97 Å². The van der Waals surface area contributed by atoms with E-state index in [0.717, 1.165) is 13.1 Å². The molecule has 1 fully saturated rings. The van der Waals surface area contributed by atoms with E-state index in [4.69, 9.17) is 5.11 Å². The zero-order valence-corrected chi connectivity index (χ0v) is 14.0. The Morgan fingerprint density at radius 1 is 0.905 bits per heavy atom. The van der Waals surface area contributed by atoms with E-state index in [2.05, 4.69) is 11.8 Å². The van der Waals surface area contributed by atoms with Gasteiger partial charge in [0, 0.05) is 12.6 Å². The van der Waals surface area contributed by atoms with Gasteiger partial charge in [0.2, 0.25) is 0 Å². The van der Waals surface area contributed by atoms with E-state index in [1.807, 2.05) is 0 Å². The fourth-order valence-electron chi connectivity index (χ4n) is 2.96. The highest BCUT2D eigenvalue weighted by Crippen LogP contribution is 2.27. The molecule has 1 saturated carbocycles. The summed E-state index contributed by atoms with van der Waals surface area (Å²) in [6, 6.07) is 0.697. The van der Waals surface area contributed by atoms with Gasteiger partial charge in [-0.25, -0.2) is 0 Å². The Morgan fingerprint density at radius 2 is 1.43 bits per heavy atom. The molecule has 0 spiro atoms. The molecule has 0 amide bonds. The normalized spacial score (nSPS) is 14.8. The number of hydrogen-bond donors (Lipinski definition) is 1. The maximum Gasteiger partial charge on any atom is 0.304 e. The topological polar surface area (TPSA) is 40.5 Å². The summed E-state index contributed by atoms with van der Waals surface area (Å²) < 4.78 is 0. The molecule has 0 saturated heterocycles. The summed E-state index contributed by atoms with van der Waals surface area (Å²) in [7, 11) is 0. The largest absolute Gasteiger partial charge is 0.481 e. The lowest BCUT2D eigenvalue weighted by atomic mass is 10.1. The summed E-state index contributed by atoms with van der Waals surface area (Å²) in [6.45, 7) is 4.12. The van der Waals surface area contributed by atoms with Gasteiger partial charge >= 0.3 is 5.97 Å². The third kappa shape index (κ3) is 10.8. The highest BCUT2D eigenvalue weighted by Gasteiger charge is 2.28. The Hall–Kier alpha value is -0.570.